The second-order valence-corrected chi connectivity index (χ2v) is 7.88. The van der Waals surface area contributed by atoms with Gasteiger partial charge < -0.3 is 0 Å². The second-order valence-electron chi connectivity index (χ2n) is 3.99. The summed E-state index contributed by atoms with van der Waals surface area (Å²) in [5.74, 6) is 0. The molecule has 0 radical (unpaired) electrons. The molecule has 0 amide bonds. The van der Waals surface area contributed by atoms with Crippen LogP contribution in [0.2, 0.25) is 0 Å². The minimum Gasteiger partial charge on any atom is -0.266 e. The van der Waals surface area contributed by atoms with E-state index in [0.29, 0.717) is 0 Å². The Morgan fingerprint density at radius 1 is 1.11 bits per heavy atom. The maximum Gasteiger partial charge on any atom is 0.260 e. The quantitative estimate of drug-likeness (QED) is 0.744. The van der Waals surface area contributed by atoms with Crippen molar-refractivity contribution >= 4 is 20.0 Å². The summed E-state index contributed by atoms with van der Waals surface area (Å²) in [6, 6.07) is 1.37. The Hall–Kier alpha value is -0.970. The topological polar surface area (TPSA) is 103 Å². The molecule has 10 heteroatoms. The van der Waals surface area contributed by atoms with Crippen LogP contribution < -0.4 is 0 Å². The maximum atomic E-state index is 12.1. The number of nitrogens with zero attached hydrogens (tertiary/aromatic N) is 3. The lowest BCUT2D eigenvalue weighted by Crippen LogP contribution is -2.50. The lowest BCUT2D eigenvalue weighted by atomic mass is 10.4. The molecule has 0 saturated carbocycles. The number of hydrogen-bond acceptors (Lipinski definition) is 5. The van der Waals surface area contributed by atoms with E-state index in [4.69, 9.17) is 0 Å². The normalized spacial score (nSPS) is 20.1. The first-order valence-corrected chi connectivity index (χ1v) is 8.55. The summed E-state index contributed by atoms with van der Waals surface area (Å²) in [5, 5.41) is 6.03. The summed E-state index contributed by atoms with van der Waals surface area (Å²) in [6.07, 6.45) is 2.48. The molecule has 0 aliphatic carbocycles. The molecule has 8 nitrogen and oxygen atoms in total. The highest BCUT2D eigenvalue weighted by atomic mass is 32.2. The highest BCUT2D eigenvalue weighted by Crippen LogP contribution is 2.15. The molecule has 2 rings (SSSR count). The fraction of sp³-hybridized carbons (Fsp3) is 0.625. The molecule has 18 heavy (non-hydrogen) atoms. The SMILES string of the molecule is CS(=O)(=O)N1CCN(S(=O)(=O)c2ccn[nH]2)CC1. The summed E-state index contributed by atoms with van der Waals surface area (Å²) in [4.78, 5) is 0. The molecule has 1 aromatic rings. The third-order valence-electron chi connectivity index (χ3n) is 2.76. The largest absolute Gasteiger partial charge is 0.266 e. The smallest absolute Gasteiger partial charge is 0.260 e. The number of aromatic nitrogens is 2. The molecule has 0 bridgehead atoms. The zero-order valence-electron chi connectivity index (χ0n) is 9.77. The van der Waals surface area contributed by atoms with E-state index >= 15 is 0 Å². The molecule has 102 valence electrons. The Morgan fingerprint density at radius 2 is 1.67 bits per heavy atom. The summed E-state index contributed by atoms with van der Waals surface area (Å²) in [7, 11) is -6.85. The van der Waals surface area contributed by atoms with Crippen molar-refractivity contribution in [2.75, 3.05) is 32.4 Å². The van der Waals surface area contributed by atoms with E-state index < -0.39 is 20.0 Å². The number of H-pyrrole nitrogens is 1. The first kappa shape index (κ1) is 13.5. The first-order valence-electron chi connectivity index (χ1n) is 5.26. The van der Waals surface area contributed by atoms with Gasteiger partial charge in [0.15, 0.2) is 5.03 Å². The Bertz CT molecular complexity index is 600. The van der Waals surface area contributed by atoms with Gasteiger partial charge in [0.05, 0.1) is 12.5 Å². The number of nitrogens with one attached hydrogen (secondary N) is 1. The van der Waals surface area contributed by atoms with E-state index in [-0.39, 0.29) is 31.2 Å². The average Bonchev–Trinajstić information content (AvgIpc) is 2.82. The van der Waals surface area contributed by atoms with Crippen molar-refractivity contribution in [3.8, 4) is 0 Å². The number of aromatic amines is 1. The fourth-order valence-corrected chi connectivity index (χ4v) is 3.92. The van der Waals surface area contributed by atoms with Crippen LogP contribution in [-0.4, -0.2) is 68.1 Å². The van der Waals surface area contributed by atoms with Crippen molar-refractivity contribution < 1.29 is 16.8 Å². The minimum atomic E-state index is -3.59. The highest BCUT2D eigenvalue weighted by Gasteiger charge is 2.31. The summed E-state index contributed by atoms with van der Waals surface area (Å²) >= 11 is 0. The van der Waals surface area contributed by atoms with Crippen LogP contribution in [0.15, 0.2) is 17.3 Å². The zero-order chi connectivity index (χ0) is 13.4. The Morgan fingerprint density at radius 3 is 2.11 bits per heavy atom. The first-order chi connectivity index (χ1) is 8.32. The van der Waals surface area contributed by atoms with Crippen molar-refractivity contribution in [1.82, 2.24) is 18.8 Å². The van der Waals surface area contributed by atoms with Crippen LogP contribution >= 0.6 is 0 Å². The summed E-state index contributed by atoms with van der Waals surface area (Å²) in [6.45, 7) is 0.640. The molecular weight excluding hydrogens is 280 g/mol. The minimum absolute atomic E-state index is 0.0234. The van der Waals surface area contributed by atoms with Crippen LogP contribution in [0, 0.1) is 0 Å². The number of hydrogen-bond donors (Lipinski definition) is 1. The Balaban J connectivity index is 2.11. The van der Waals surface area contributed by atoms with Gasteiger partial charge in [0.2, 0.25) is 10.0 Å². The highest BCUT2D eigenvalue weighted by molar-refractivity contribution is 7.89. The molecule has 1 aliphatic heterocycles. The van der Waals surface area contributed by atoms with Gasteiger partial charge in [-0.3, -0.25) is 5.10 Å². The van der Waals surface area contributed by atoms with Crippen LogP contribution in [0.5, 0.6) is 0 Å². The van der Waals surface area contributed by atoms with Gasteiger partial charge in [0.25, 0.3) is 10.0 Å². The monoisotopic (exact) mass is 294 g/mol. The number of piperazine rings is 1. The van der Waals surface area contributed by atoms with Crippen molar-refractivity contribution in [1.29, 1.82) is 0 Å². The van der Waals surface area contributed by atoms with Crippen LogP contribution in [0.3, 0.4) is 0 Å². The molecule has 1 fully saturated rings. The molecule has 0 aromatic carbocycles. The van der Waals surface area contributed by atoms with Crippen molar-refractivity contribution in [2.45, 2.75) is 5.03 Å². The Kier molecular flexibility index (Phi) is 3.45. The second kappa shape index (κ2) is 4.61. The number of rotatable bonds is 3. The van der Waals surface area contributed by atoms with Crippen molar-refractivity contribution in [3.63, 3.8) is 0 Å². The van der Waals surface area contributed by atoms with Gasteiger partial charge >= 0.3 is 0 Å². The molecule has 2 heterocycles. The van der Waals surface area contributed by atoms with Gasteiger partial charge in [-0.2, -0.15) is 13.7 Å². The van der Waals surface area contributed by atoms with E-state index in [1.54, 1.807) is 0 Å². The van der Waals surface area contributed by atoms with E-state index in [1.807, 2.05) is 0 Å². The zero-order valence-corrected chi connectivity index (χ0v) is 11.4. The predicted octanol–water partition coefficient (Wildman–Crippen LogP) is -1.32. The average molecular weight is 294 g/mol. The summed E-state index contributed by atoms with van der Waals surface area (Å²) < 4.78 is 49.3. The van der Waals surface area contributed by atoms with E-state index in [2.05, 4.69) is 10.2 Å². The van der Waals surface area contributed by atoms with Crippen molar-refractivity contribution in [2.24, 2.45) is 0 Å². The van der Waals surface area contributed by atoms with Crippen molar-refractivity contribution in [3.05, 3.63) is 12.3 Å². The van der Waals surface area contributed by atoms with E-state index in [1.165, 1.54) is 20.9 Å². The van der Waals surface area contributed by atoms with Gasteiger partial charge in [0.1, 0.15) is 0 Å². The van der Waals surface area contributed by atoms with Gasteiger partial charge in [0, 0.05) is 26.2 Å². The molecule has 0 unspecified atom stereocenters. The molecule has 0 atom stereocenters. The molecule has 1 N–H and O–H groups in total. The molecular formula is C8H14N4O4S2. The summed E-state index contributed by atoms with van der Waals surface area (Å²) in [5.41, 5.74) is 0. The standard InChI is InChI=1S/C8H14N4O4S2/c1-17(13,14)11-4-6-12(7-5-11)18(15,16)8-2-3-9-10-8/h2-3H,4-7H2,1H3,(H,9,10). The van der Waals surface area contributed by atoms with Gasteiger partial charge in [-0.15, -0.1) is 0 Å². The Labute approximate surface area is 106 Å². The molecule has 1 aromatic heterocycles. The molecule has 0 spiro atoms. The molecule has 1 saturated heterocycles. The van der Waals surface area contributed by atoms with Gasteiger partial charge in [-0.25, -0.2) is 16.8 Å². The lowest BCUT2D eigenvalue weighted by Gasteiger charge is -2.31. The van der Waals surface area contributed by atoms with Crippen LogP contribution in [0.4, 0.5) is 0 Å². The van der Waals surface area contributed by atoms with Crippen LogP contribution in [-0.2, 0) is 20.0 Å². The van der Waals surface area contributed by atoms with E-state index in [9.17, 15) is 16.8 Å². The van der Waals surface area contributed by atoms with Crippen LogP contribution in [0.1, 0.15) is 0 Å². The lowest BCUT2D eigenvalue weighted by molar-refractivity contribution is 0.273. The third kappa shape index (κ3) is 2.55. The number of sulfonamides is 2. The van der Waals surface area contributed by atoms with Gasteiger partial charge in [-0.05, 0) is 6.07 Å². The predicted molar refractivity (Wildman–Crippen MR) is 63.8 cm³/mol. The molecule has 1 aliphatic rings. The maximum absolute atomic E-state index is 12.1. The van der Waals surface area contributed by atoms with E-state index in [0.717, 1.165) is 6.26 Å². The van der Waals surface area contributed by atoms with Crippen LogP contribution in [0.25, 0.3) is 0 Å². The fourth-order valence-electron chi connectivity index (χ4n) is 1.77. The van der Waals surface area contributed by atoms with Gasteiger partial charge in [-0.1, -0.05) is 0 Å². The third-order valence-corrected chi connectivity index (χ3v) is 5.89.